The summed E-state index contributed by atoms with van der Waals surface area (Å²) in [7, 11) is 0. The fourth-order valence-corrected chi connectivity index (χ4v) is 5.98. The highest BCUT2D eigenvalue weighted by Crippen LogP contribution is 2.49. The zero-order valence-corrected chi connectivity index (χ0v) is 21.7. The molecule has 176 valence electrons. The molecule has 3 heterocycles. The highest BCUT2D eigenvalue weighted by Gasteiger charge is 2.43. The summed E-state index contributed by atoms with van der Waals surface area (Å²) in [5.41, 5.74) is 8.53. The van der Waals surface area contributed by atoms with Crippen LogP contribution in [0.1, 0.15) is 67.3 Å². The molecule has 0 saturated carbocycles. The molecule has 3 aliphatic rings. The van der Waals surface area contributed by atoms with Gasteiger partial charge in [0.05, 0.1) is 0 Å². The SMILES string of the molecule is Cc1c(C)c2c(c3c1NC(C)(C)C3)CC(C)(CN1CCC(c3ccccc3)CC1)O2.Cl.Cl. The number of nitrogens with zero attached hydrogens (tertiary/aromatic N) is 1. The second kappa shape index (κ2) is 9.08. The van der Waals surface area contributed by atoms with Crippen molar-refractivity contribution in [1.82, 2.24) is 4.90 Å². The van der Waals surface area contributed by atoms with Crippen LogP contribution in [0.2, 0.25) is 0 Å². The first-order valence-electron chi connectivity index (χ1n) is 11.6. The summed E-state index contributed by atoms with van der Waals surface area (Å²) in [6.07, 6.45) is 4.62. The summed E-state index contributed by atoms with van der Waals surface area (Å²) in [6, 6.07) is 11.0. The molecule has 0 aromatic heterocycles. The molecule has 1 unspecified atom stereocenters. The lowest BCUT2D eigenvalue weighted by molar-refractivity contribution is 0.0523. The van der Waals surface area contributed by atoms with Crippen LogP contribution in [-0.4, -0.2) is 35.7 Å². The summed E-state index contributed by atoms with van der Waals surface area (Å²) in [4.78, 5) is 2.63. The lowest BCUT2D eigenvalue weighted by Gasteiger charge is -2.37. The van der Waals surface area contributed by atoms with Crippen LogP contribution in [0.25, 0.3) is 0 Å². The van der Waals surface area contributed by atoms with Gasteiger partial charge in [0.2, 0.25) is 0 Å². The number of halogens is 2. The number of likely N-dealkylation sites (tertiary alicyclic amines) is 1. The third-order valence-electron chi connectivity index (χ3n) is 7.62. The maximum absolute atomic E-state index is 6.74. The molecular weight excluding hydrogens is 439 g/mol. The van der Waals surface area contributed by atoms with Gasteiger partial charge < -0.3 is 10.1 Å². The van der Waals surface area contributed by atoms with Crippen molar-refractivity contribution in [2.75, 3.05) is 25.0 Å². The highest BCUT2D eigenvalue weighted by atomic mass is 35.5. The minimum absolute atomic E-state index is 0. The minimum atomic E-state index is -0.124. The van der Waals surface area contributed by atoms with E-state index >= 15 is 0 Å². The van der Waals surface area contributed by atoms with Crippen LogP contribution >= 0.6 is 24.8 Å². The summed E-state index contributed by atoms with van der Waals surface area (Å²) in [5, 5.41) is 3.78. The molecule has 0 amide bonds. The Kier molecular flexibility index (Phi) is 7.15. The van der Waals surface area contributed by atoms with E-state index in [0.29, 0.717) is 5.92 Å². The lowest BCUT2D eigenvalue weighted by atomic mass is 9.87. The quantitative estimate of drug-likeness (QED) is 0.549. The van der Waals surface area contributed by atoms with Gasteiger partial charge in [-0.2, -0.15) is 0 Å². The van der Waals surface area contributed by atoms with Gasteiger partial charge in [-0.1, -0.05) is 30.3 Å². The molecule has 1 fully saturated rings. The number of hydrogen-bond acceptors (Lipinski definition) is 3. The van der Waals surface area contributed by atoms with Crippen LogP contribution in [-0.2, 0) is 12.8 Å². The van der Waals surface area contributed by atoms with Crippen molar-refractivity contribution in [3.05, 3.63) is 58.1 Å². The van der Waals surface area contributed by atoms with Gasteiger partial charge in [0, 0.05) is 29.8 Å². The van der Waals surface area contributed by atoms with E-state index < -0.39 is 0 Å². The molecule has 0 aliphatic carbocycles. The average molecular weight is 478 g/mol. The first kappa shape index (κ1) is 25.2. The van der Waals surface area contributed by atoms with Crippen molar-refractivity contribution in [3.8, 4) is 5.75 Å². The average Bonchev–Trinajstić information content (AvgIpc) is 3.24. The Bertz CT molecular complexity index is 968. The first-order chi connectivity index (χ1) is 14.2. The Morgan fingerprint density at radius 3 is 2.25 bits per heavy atom. The largest absolute Gasteiger partial charge is 0.485 e. The number of ether oxygens (including phenoxy) is 1. The zero-order chi connectivity index (χ0) is 21.1. The number of piperidine rings is 1. The molecule has 0 bridgehead atoms. The number of rotatable bonds is 3. The monoisotopic (exact) mass is 476 g/mol. The molecule has 3 nitrogen and oxygen atoms in total. The molecule has 3 aliphatic heterocycles. The maximum Gasteiger partial charge on any atom is 0.127 e. The molecule has 32 heavy (non-hydrogen) atoms. The van der Waals surface area contributed by atoms with Gasteiger partial charge in [0.25, 0.3) is 0 Å². The summed E-state index contributed by atoms with van der Waals surface area (Å²) >= 11 is 0. The standard InChI is InChI=1S/C27H36N2O.2ClH/c1-18-19(2)25-23(22-15-26(3,4)28-24(18)22)16-27(5,30-25)17-29-13-11-21(12-14-29)20-9-7-6-8-10-20;;/h6-10,21,28H,11-17H2,1-5H3;2*1H. The van der Waals surface area contributed by atoms with Crippen molar-refractivity contribution in [2.24, 2.45) is 0 Å². The van der Waals surface area contributed by atoms with Gasteiger partial charge in [0.15, 0.2) is 0 Å². The zero-order valence-electron chi connectivity index (χ0n) is 20.1. The number of hydrogen-bond donors (Lipinski definition) is 1. The highest BCUT2D eigenvalue weighted by molar-refractivity contribution is 5.85. The van der Waals surface area contributed by atoms with E-state index in [9.17, 15) is 0 Å². The van der Waals surface area contributed by atoms with E-state index in [2.05, 4.69) is 75.2 Å². The number of fused-ring (bicyclic) bond motifs is 3. The van der Waals surface area contributed by atoms with Crippen molar-refractivity contribution in [1.29, 1.82) is 0 Å². The third kappa shape index (κ3) is 4.49. The molecule has 2 aromatic carbocycles. The van der Waals surface area contributed by atoms with Crippen LogP contribution in [0.3, 0.4) is 0 Å². The molecule has 0 radical (unpaired) electrons. The topological polar surface area (TPSA) is 24.5 Å². The van der Waals surface area contributed by atoms with Crippen molar-refractivity contribution in [2.45, 2.75) is 77.4 Å². The Labute approximate surface area is 206 Å². The van der Waals surface area contributed by atoms with Gasteiger partial charge in [-0.25, -0.2) is 0 Å². The molecular formula is C27H38Cl2N2O. The fraction of sp³-hybridized carbons (Fsp3) is 0.556. The van der Waals surface area contributed by atoms with Crippen LogP contribution in [0.5, 0.6) is 5.75 Å². The van der Waals surface area contributed by atoms with E-state index in [1.807, 2.05) is 0 Å². The summed E-state index contributed by atoms with van der Waals surface area (Å²) < 4.78 is 6.74. The van der Waals surface area contributed by atoms with E-state index in [-0.39, 0.29) is 36.0 Å². The Hall–Kier alpha value is -1.42. The van der Waals surface area contributed by atoms with Crippen LogP contribution in [0, 0.1) is 13.8 Å². The predicted molar refractivity (Wildman–Crippen MR) is 139 cm³/mol. The predicted octanol–water partition coefficient (Wildman–Crippen LogP) is 6.47. The maximum atomic E-state index is 6.74. The fourth-order valence-electron chi connectivity index (χ4n) is 5.98. The normalized spacial score (nSPS) is 23.9. The first-order valence-corrected chi connectivity index (χ1v) is 11.6. The Morgan fingerprint density at radius 1 is 0.938 bits per heavy atom. The molecule has 5 heteroatoms. The van der Waals surface area contributed by atoms with Gasteiger partial charge >= 0.3 is 0 Å². The smallest absolute Gasteiger partial charge is 0.127 e. The summed E-state index contributed by atoms with van der Waals surface area (Å²) in [6.45, 7) is 14.8. The Balaban J connectivity index is 0.00000144. The van der Waals surface area contributed by atoms with Crippen molar-refractivity contribution in [3.63, 3.8) is 0 Å². The lowest BCUT2D eigenvalue weighted by Crippen LogP contribution is -2.47. The number of nitrogens with one attached hydrogen (secondary N) is 1. The van der Waals surface area contributed by atoms with E-state index in [4.69, 9.17) is 4.74 Å². The van der Waals surface area contributed by atoms with Gasteiger partial charge in [-0.3, -0.25) is 4.90 Å². The summed E-state index contributed by atoms with van der Waals surface area (Å²) in [5.74, 6) is 1.88. The van der Waals surface area contributed by atoms with E-state index in [1.54, 1.807) is 0 Å². The van der Waals surface area contributed by atoms with E-state index in [0.717, 1.165) is 19.4 Å². The minimum Gasteiger partial charge on any atom is -0.485 e. The van der Waals surface area contributed by atoms with Gasteiger partial charge in [-0.15, -0.1) is 24.8 Å². The third-order valence-corrected chi connectivity index (χ3v) is 7.62. The molecule has 2 aromatic rings. The second-order valence-corrected chi connectivity index (χ2v) is 10.8. The van der Waals surface area contributed by atoms with Crippen LogP contribution in [0.4, 0.5) is 5.69 Å². The molecule has 1 N–H and O–H groups in total. The van der Waals surface area contributed by atoms with Crippen LogP contribution < -0.4 is 10.1 Å². The molecule has 5 rings (SSSR count). The molecule has 1 saturated heterocycles. The van der Waals surface area contributed by atoms with Crippen molar-refractivity contribution >= 4 is 30.5 Å². The van der Waals surface area contributed by atoms with E-state index in [1.165, 1.54) is 65.2 Å². The molecule has 1 atom stereocenters. The van der Waals surface area contributed by atoms with Crippen molar-refractivity contribution < 1.29 is 4.74 Å². The number of benzene rings is 2. The second-order valence-electron chi connectivity index (χ2n) is 10.8. The molecule has 0 spiro atoms. The number of anilines is 1. The van der Waals surface area contributed by atoms with Crippen LogP contribution in [0.15, 0.2) is 30.3 Å². The Morgan fingerprint density at radius 2 is 1.59 bits per heavy atom. The van der Waals surface area contributed by atoms with Gasteiger partial charge in [-0.05, 0) is 95.1 Å². The van der Waals surface area contributed by atoms with Gasteiger partial charge in [0.1, 0.15) is 11.4 Å².